The van der Waals surface area contributed by atoms with Gasteiger partial charge in [0.25, 0.3) is 5.92 Å². The summed E-state index contributed by atoms with van der Waals surface area (Å²) in [7, 11) is 0. The quantitative estimate of drug-likeness (QED) is 0.410. The maximum atomic E-state index is 13.1. The summed E-state index contributed by atoms with van der Waals surface area (Å²) in [5.74, 6) is -3.26. The van der Waals surface area contributed by atoms with Crippen LogP contribution in [0.15, 0.2) is 18.2 Å². The van der Waals surface area contributed by atoms with Gasteiger partial charge in [0.2, 0.25) is 0 Å². The van der Waals surface area contributed by atoms with Gasteiger partial charge in [0.05, 0.1) is 5.56 Å². The third-order valence-corrected chi connectivity index (χ3v) is 2.88. The fourth-order valence-corrected chi connectivity index (χ4v) is 1.94. The molecule has 16 heavy (non-hydrogen) atoms. The van der Waals surface area contributed by atoms with Gasteiger partial charge < -0.3 is 0 Å². The lowest BCUT2D eigenvalue weighted by Gasteiger charge is -2.17. The molecule has 0 saturated carbocycles. The molecule has 0 saturated heterocycles. The van der Waals surface area contributed by atoms with Crippen LogP contribution in [0.3, 0.4) is 0 Å². The van der Waals surface area contributed by atoms with E-state index in [0.717, 1.165) is 12.1 Å². The lowest BCUT2D eigenvalue weighted by atomic mass is 10.0. The molecule has 0 amide bonds. The summed E-state index contributed by atoms with van der Waals surface area (Å²) in [6.07, 6.45) is -4.59. The maximum Gasteiger partial charge on any atom is 0.416 e. The first-order valence-corrected chi connectivity index (χ1v) is 5.83. The van der Waals surface area contributed by atoms with E-state index in [1.165, 1.54) is 0 Å². The van der Waals surface area contributed by atoms with Gasteiger partial charge in [0.1, 0.15) is 0 Å². The van der Waals surface area contributed by atoms with Crippen molar-refractivity contribution in [3.63, 3.8) is 0 Å². The minimum absolute atomic E-state index is 0.223. The Morgan fingerprint density at radius 1 is 1.12 bits per heavy atom. The van der Waals surface area contributed by atoms with Crippen LogP contribution in [-0.2, 0) is 16.5 Å². The maximum absolute atomic E-state index is 13.1. The van der Waals surface area contributed by atoms with Crippen LogP contribution < -0.4 is 0 Å². The summed E-state index contributed by atoms with van der Waals surface area (Å²) >= 11 is 1.84. The zero-order valence-electron chi connectivity index (χ0n) is 8.21. The molecule has 0 radical (unpaired) electrons. The van der Waals surface area contributed by atoms with E-state index in [9.17, 15) is 22.0 Å². The number of hydrogen-bond acceptors (Lipinski definition) is 0. The topological polar surface area (TPSA) is 0 Å². The molecule has 6 heteroatoms. The molecule has 90 valence electrons. The summed E-state index contributed by atoms with van der Waals surface area (Å²) in [6.45, 7) is 0.596. The molecule has 0 spiro atoms. The van der Waals surface area contributed by atoms with Crippen molar-refractivity contribution in [1.29, 1.82) is 0 Å². The molecule has 0 unspecified atom stereocenters. The second kappa shape index (κ2) is 4.46. The molecule has 0 aliphatic carbocycles. The fraction of sp³-hybridized carbons (Fsp3) is 0.400. The molecule has 1 rings (SSSR count). The highest BCUT2D eigenvalue weighted by atomic mass is 127. The first-order chi connectivity index (χ1) is 7.16. The summed E-state index contributed by atoms with van der Waals surface area (Å²) < 4.78 is 63.5. The van der Waals surface area contributed by atoms with Crippen molar-refractivity contribution in [1.82, 2.24) is 0 Å². The third-order valence-electron chi connectivity index (χ3n) is 2.05. The van der Waals surface area contributed by atoms with Crippen molar-refractivity contribution in [2.24, 2.45) is 0 Å². The van der Waals surface area contributed by atoms with E-state index in [1.54, 1.807) is 0 Å². The van der Waals surface area contributed by atoms with E-state index in [-0.39, 0.29) is 9.99 Å². The van der Waals surface area contributed by atoms with Gasteiger partial charge in [-0.25, -0.2) is 8.78 Å². The van der Waals surface area contributed by atoms with Gasteiger partial charge in [0.15, 0.2) is 0 Å². The second-order valence-electron chi connectivity index (χ2n) is 3.39. The monoisotopic (exact) mass is 350 g/mol. The second-order valence-corrected chi connectivity index (χ2v) is 4.15. The van der Waals surface area contributed by atoms with Gasteiger partial charge in [-0.2, -0.15) is 13.2 Å². The highest BCUT2D eigenvalue weighted by Crippen LogP contribution is 2.36. The molecule has 0 aliphatic heterocycles. The number of benzene rings is 1. The smallest absolute Gasteiger partial charge is 0.202 e. The van der Waals surface area contributed by atoms with Crippen LogP contribution >= 0.6 is 22.6 Å². The number of alkyl halides is 6. The van der Waals surface area contributed by atoms with Crippen molar-refractivity contribution >= 4 is 22.6 Å². The first-order valence-electron chi connectivity index (χ1n) is 4.30. The molecule has 0 aliphatic rings. The zero-order valence-corrected chi connectivity index (χ0v) is 10.4. The summed E-state index contributed by atoms with van der Waals surface area (Å²) in [4.78, 5) is 0. The van der Waals surface area contributed by atoms with Crippen molar-refractivity contribution in [2.45, 2.75) is 23.5 Å². The normalized spacial score (nSPS) is 12.9. The Balaban J connectivity index is 3.34. The Hall–Kier alpha value is -0.400. The number of rotatable bonds is 2. The van der Waals surface area contributed by atoms with E-state index in [1.807, 2.05) is 22.6 Å². The van der Waals surface area contributed by atoms with Gasteiger partial charge in [-0.1, -0.05) is 28.7 Å². The van der Waals surface area contributed by atoms with E-state index in [4.69, 9.17) is 0 Å². The molecule has 0 heterocycles. The van der Waals surface area contributed by atoms with Gasteiger partial charge in [-0.15, -0.1) is 0 Å². The van der Waals surface area contributed by atoms with Crippen molar-refractivity contribution < 1.29 is 22.0 Å². The van der Waals surface area contributed by atoms with Crippen LogP contribution in [-0.4, -0.2) is 0 Å². The van der Waals surface area contributed by atoms with Crippen LogP contribution in [0, 0.1) is 0 Å². The molecule has 0 N–H and O–H groups in total. The van der Waals surface area contributed by atoms with E-state index in [0.29, 0.717) is 13.0 Å². The largest absolute Gasteiger partial charge is 0.416 e. The average molecular weight is 350 g/mol. The minimum atomic E-state index is -4.59. The SMILES string of the molecule is CC(F)(F)c1cc(C(F)(F)F)ccc1CI. The zero-order chi connectivity index (χ0) is 12.6. The highest BCUT2D eigenvalue weighted by Gasteiger charge is 2.34. The lowest BCUT2D eigenvalue weighted by molar-refractivity contribution is -0.137. The Labute approximate surface area is 103 Å². The molecule has 0 aromatic heterocycles. The Morgan fingerprint density at radius 2 is 1.69 bits per heavy atom. The molecule has 0 nitrogen and oxygen atoms in total. The summed E-state index contributed by atoms with van der Waals surface area (Å²) in [5, 5.41) is 0. The Kier molecular flexibility index (Phi) is 3.81. The number of hydrogen-bond donors (Lipinski definition) is 0. The van der Waals surface area contributed by atoms with Crippen LogP contribution in [0.25, 0.3) is 0 Å². The van der Waals surface area contributed by atoms with Gasteiger partial charge >= 0.3 is 6.18 Å². The lowest BCUT2D eigenvalue weighted by Crippen LogP contribution is -2.13. The summed E-state index contributed by atoms with van der Waals surface area (Å²) in [6, 6.07) is 2.44. The highest BCUT2D eigenvalue weighted by molar-refractivity contribution is 14.1. The van der Waals surface area contributed by atoms with Crippen molar-refractivity contribution in [2.75, 3.05) is 0 Å². The standard InChI is InChI=1S/C10H8F5I/c1-9(11,12)8-4-7(10(13,14)15)3-2-6(8)5-16/h2-4H,5H2,1H3. The molecular weight excluding hydrogens is 342 g/mol. The van der Waals surface area contributed by atoms with Crippen LogP contribution in [0.1, 0.15) is 23.6 Å². The van der Waals surface area contributed by atoms with Crippen LogP contribution in [0.2, 0.25) is 0 Å². The molecule has 1 aromatic rings. The van der Waals surface area contributed by atoms with E-state index < -0.39 is 23.2 Å². The van der Waals surface area contributed by atoms with Crippen molar-refractivity contribution in [3.05, 3.63) is 34.9 Å². The Morgan fingerprint density at radius 3 is 2.06 bits per heavy atom. The van der Waals surface area contributed by atoms with Gasteiger partial charge in [-0.05, 0) is 17.7 Å². The average Bonchev–Trinajstić information content (AvgIpc) is 2.14. The Bertz CT molecular complexity index is 378. The predicted molar refractivity (Wildman–Crippen MR) is 58.7 cm³/mol. The van der Waals surface area contributed by atoms with Crippen LogP contribution in [0.5, 0.6) is 0 Å². The fourth-order valence-electron chi connectivity index (χ4n) is 1.28. The van der Waals surface area contributed by atoms with Crippen LogP contribution in [0.4, 0.5) is 22.0 Å². The van der Waals surface area contributed by atoms with E-state index in [2.05, 4.69) is 0 Å². The molecule has 1 aromatic carbocycles. The third kappa shape index (κ3) is 3.05. The van der Waals surface area contributed by atoms with Gasteiger partial charge in [0, 0.05) is 16.9 Å². The minimum Gasteiger partial charge on any atom is -0.202 e. The van der Waals surface area contributed by atoms with Gasteiger partial charge in [-0.3, -0.25) is 0 Å². The summed E-state index contributed by atoms with van der Waals surface area (Å²) in [5.41, 5.74) is -1.38. The molecule has 0 bridgehead atoms. The number of halogens is 6. The molecule has 0 fully saturated rings. The van der Waals surface area contributed by atoms with Crippen molar-refractivity contribution in [3.8, 4) is 0 Å². The first kappa shape index (κ1) is 13.7. The molecular formula is C10H8F5I. The predicted octanol–water partition coefficient (Wildman–Crippen LogP) is 4.75. The molecule has 0 atom stereocenters. The van der Waals surface area contributed by atoms with E-state index >= 15 is 0 Å².